The van der Waals surface area contributed by atoms with Crippen LogP contribution in [0.1, 0.15) is 24.0 Å². The van der Waals surface area contributed by atoms with Crippen LogP contribution in [0, 0.1) is 0 Å². The first kappa shape index (κ1) is 18.3. The standard InChI is InChI=1S/C21H17BrN2O4/c1-2-27-21(26)17-15(11-6-5-7-12(22)10-11)16-18(28-19(17)23)13-8-3-4-9-14(13)24-20(16)25/h3-10,15H,2,23H2,1H3,(H,24,25)/t15-/m1/s1. The smallest absolute Gasteiger partial charge is 0.340 e. The number of hydrogen-bond donors (Lipinski definition) is 2. The first-order valence-corrected chi connectivity index (χ1v) is 9.55. The van der Waals surface area contributed by atoms with Gasteiger partial charge in [0.1, 0.15) is 11.3 Å². The Morgan fingerprint density at radius 3 is 2.79 bits per heavy atom. The van der Waals surface area contributed by atoms with Gasteiger partial charge in [0.05, 0.1) is 23.6 Å². The lowest BCUT2D eigenvalue weighted by atomic mass is 9.83. The van der Waals surface area contributed by atoms with E-state index in [2.05, 4.69) is 20.9 Å². The number of aromatic amines is 1. The van der Waals surface area contributed by atoms with E-state index in [0.29, 0.717) is 22.2 Å². The number of nitrogens with one attached hydrogen (secondary N) is 1. The Bertz CT molecular complexity index is 1180. The van der Waals surface area contributed by atoms with Gasteiger partial charge in [0.25, 0.3) is 5.56 Å². The van der Waals surface area contributed by atoms with Gasteiger partial charge < -0.3 is 20.2 Å². The van der Waals surface area contributed by atoms with Crippen LogP contribution in [0.25, 0.3) is 10.9 Å². The highest BCUT2D eigenvalue weighted by Crippen LogP contribution is 2.43. The van der Waals surface area contributed by atoms with Crippen LogP contribution in [0.3, 0.4) is 0 Å². The van der Waals surface area contributed by atoms with E-state index in [-0.39, 0.29) is 23.6 Å². The van der Waals surface area contributed by atoms with Crippen molar-refractivity contribution in [2.24, 2.45) is 5.73 Å². The second kappa shape index (κ2) is 7.16. The maximum atomic E-state index is 13.0. The van der Waals surface area contributed by atoms with Gasteiger partial charge in [-0.1, -0.05) is 40.2 Å². The molecule has 0 radical (unpaired) electrons. The number of nitrogens with two attached hydrogens (primary N) is 1. The maximum Gasteiger partial charge on any atom is 0.340 e. The van der Waals surface area contributed by atoms with Crippen molar-refractivity contribution in [3.8, 4) is 5.75 Å². The van der Waals surface area contributed by atoms with Crippen LogP contribution in [-0.4, -0.2) is 17.6 Å². The van der Waals surface area contributed by atoms with Gasteiger partial charge in [0.15, 0.2) is 0 Å². The molecular weight excluding hydrogens is 424 g/mol. The van der Waals surface area contributed by atoms with Crippen LogP contribution in [0.15, 0.2) is 69.3 Å². The Morgan fingerprint density at radius 2 is 2.04 bits per heavy atom. The minimum absolute atomic E-state index is 0.0633. The molecule has 0 fully saturated rings. The third-order valence-electron chi connectivity index (χ3n) is 4.64. The van der Waals surface area contributed by atoms with Crippen molar-refractivity contribution in [2.75, 3.05) is 6.61 Å². The second-order valence-electron chi connectivity index (χ2n) is 6.33. The van der Waals surface area contributed by atoms with Crippen molar-refractivity contribution in [1.82, 2.24) is 4.98 Å². The number of ether oxygens (including phenoxy) is 2. The summed E-state index contributed by atoms with van der Waals surface area (Å²) in [6, 6.07) is 14.7. The number of esters is 1. The van der Waals surface area contributed by atoms with Gasteiger partial charge in [-0.2, -0.15) is 0 Å². The predicted octanol–water partition coefficient (Wildman–Crippen LogP) is 3.55. The first-order valence-electron chi connectivity index (χ1n) is 8.76. The molecule has 0 unspecified atom stereocenters. The van der Waals surface area contributed by atoms with Crippen LogP contribution in [-0.2, 0) is 9.53 Å². The van der Waals surface area contributed by atoms with Gasteiger partial charge in [-0.3, -0.25) is 4.79 Å². The molecule has 0 spiro atoms. The lowest BCUT2D eigenvalue weighted by Crippen LogP contribution is -2.32. The molecule has 0 saturated carbocycles. The van der Waals surface area contributed by atoms with E-state index >= 15 is 0 Å². The average molecular weight is 441 g/mol. The fraction of sp³-hybridized carbons (Fsp3) is 0.143. The summed E-state index contributed by atoms with van der Waals surface area (Å²) >= 11 is 3.45. The molecule has 1 aromatic heterocycles. The summed E-state index contributed by atoms with van der Waals surface area (Å²) in [5.74, 6) is -1.03. The topological polar surface area (TPSA) is 94.4 Å². The van der Waals surface area contributed by atoms with Crippen molar-refractivity contribution in [1.29, 1.82) is 0 Å². The number of pyridine rings is 1. The summed E-state index contributed by atoms with van der Waals surface area (Å²) in [4.78, 5) is 28.6. The molecule has 1 aliphatic heterocycles. The van der Waals surface area contributed by atoms with Crippen LogP contribution in [0.2, 0.25) is 0 Å². The molecular formula is C21H17BrN2O4. The summed E-state index contributed by atoms with van der Waals surface area (Å²) in [5, 5.41) is 0.711. The summed E-state index contributed by atoms with van der Waals surface area (Å²) in [5.41, 5.74) is 7.63. The van der Waals surface area contributed by atoms with Gasteiger partial charge in [-0.05, 0) is 36.8 Å². The van der Waals surface area contributed by atoms with Crippen molar-refractivity contribution in [3.05, 3.63) is 85.9 Å². The molecule has 0 bridgehead atoms. The number of H-pyrrole nitrogens is 1. The van der Waals surface area contributed by atoms with Crippen molar-refractivity contribution >= 4 is 32.8 Å². The molecule has 0 amide bonds. The van der Waals surface area contributed by atoms with E-state index in [4.69, 9.17) is 15.2 Å². The minimum Gasteiger partial charge on any atom is -0.462 e. The molecule has 1 atom stereocenters. The van der Waals surface area contributed by atoms with Crippen molar-refractivity contribution in [3.63, 3.8) is 0 Å². The molecule has 28 heavy (non-hydrogen) atoms. The second-order valence-corrected chi connectivity index (χ2v) is 7.25. The summed E-state index contributed by atoms with van der Waals surface area (Å²) < 4.78 is 11.8. The number of carbonyl (C=O) groups excluding carboxylic acids is 1. The summed E-state index contributed by atoms with van der Waals surface area (Å²) in [6.07, 6.45) is 0. The third kappa shape index (κ3) is 2.97. The molecule has 1 aliphatic rings. The SMILES string of the molecule is CCOC(=O)C1=C(N)Oc2c(c(=O)[nH]c3ccccc23)[C@H]1c1cccc(Br)c1. The van der Waals surface area contributed by atoms with Crippen LogP contribution in [0.4, 0.5) is 0 Å². The Labute approximate surface area is 169 Å². The van der Waals surface area contributed by atoms with Crippen molar-refractivity contribution < 1.29 is 14.3 Å². The molecule has 4 rings (SSSR count). The first-order chi connectivity index (χ1) is 13.5. The van der Waals surface area contributed by atoms with E-state index in [1.165, 1.54) is 0 Å². The quantitative estimate of drug-likeness (QED) is 0.607. The number of hydrogen-bond acceptors (Lipinski definition) is 5. The molecule has 7 heteroatoms. The fourth-order valence-corrected chi connectivity index (χ4v) is 3.92. The number of aromatic nitrogens is 1. The fourth-order valence-electron chi connectivity index (χ4n) is 3.50. The number of carbonyl (C=O) groups is 1. The predicted molar refractivity (Wildman–Crippen MR) is 109 cm³/mol. The number of benzene rings is 2. The minimum atomic E-state index is -0.714. The number of rotatable bonds is 3. The van der Waals surface area contributed by atoms with E-state index in [0.717, 1.165) is 10.0 Å². The van der Waals surface area contributed by atoms with Crippen LogP contribution >= 0.6 is 15.9 Å². The highest BCUT2D eigenvalue weighted by atomic mass is 79.9. The number of fused-ring (bicyclic) bond motifs is 3. The normalized spacial score (nSPS) is 15.9. The lowest BCUT2D eigenvalue weighted by Gasteiger charge is -2.28. The van der Waals surface area contributed by atoms with Gasteiger partial charge in [-0.15, -0.1) is 0 Å². The molecule has 2 aromatic carbocycles. The highest BCUT2D eigenvalue weighted by Gasteiger charge is 2.38. The molecule has 2 heterocycles. The van der Waals surface area contributed by atoms with E-state index in [1.54, 1.807) is 13.0 Å². The van der Waals surface area contributed by atoms with Gasteiger partial charge in [0.2, 0.25) is 5.88 Å². The Kier molecular flexibility index (Phi) is 4.68. The molecule has 142 valence electrons. The maximum absolute atomic E-state index is 13.0. The van der Waals surface area contributed by atoms with Gasteiger partial charge >= 0.3 is 5.97 Å². The summed E-state index contributed by atoms with van der Waals surface area (Å²) in [6.45, 7) is 1.89. The Balaban J connectivity index is 2.05. The van der Waals surface area contributed by atoms with E-state index in [1.807, 2.05) is 42.5 Å². The average Bonchev–Trinajstić information content (AvgIpc) is 2.67. The number of halogens is 1. The largest absolute Gasteiger partial charge is 0.462 e. The summed E-state index contributed by atoms with van der Waals surface area (Å²) in [7, 11) is 0. The third-order valence-corrected chi connectivity index (χ3v) is 5.13. The van der Waals surface area contributed by atoms with Gasteiger partial charge in [0, 0.05) is 9.86 Å². The number of para-hydroxylation sites is 1. The Hall–Kier alpha value is -3.06. The monoisotopic (exact) mass is 440 g/mol. The Morgan fingerprint density at radius 1 is 1.25 bits per heavy atom. The van der Waals surface area contributed by atoms with Crippen LogP contribution < -0.4 is 16.0 Å². The van der Waals surface area contributed by atoms with E-state index < -0.39 is 11.9 Å². The van der Waals surface area contributed by atoms with Crippen LogP contribution in [0.5, 0.6) is 5.75 Å². The zero-order valence-electron chi connectivity index (χ0n) is 15.0. The molecule has 3 N–H and O–H groups in total. The molecule has 0 aliphatic carbocycles. The van der Waals surface area contributed by atoms with E-state index in [9.17, 15) is 9.59 Å². The molecule has 0 saturated heterocycles. The molecule has 3 aromatic rings. The zero-order chi connectivity index (χ0) is 19.8. The zero-order valence-corrected chi connectivity index (χ0v) is 16.6. The van der Waals surface area contributed by atoms with Gasteiger partial charge in [-0.25, -0.2) is 4.79 Å². The van der Waals surface area contributed by atoms with Crippen molar-refractivity contribution in [2.45, 2.75) is 12.8 Å². The molecule has 6 nitrogen and oxygen atoms in total. The lowest BCUT2D eigenvalue weighted by molar-refractivity contribution is -0.139. The highest BCUT2D eigenvalue weighted by molar-refractivity contribution is 9.10.